The molecule has 1 aliphatic rings. The Balaban J connectivity index is 1.60. The van der Waals surface area contributed by atoms with Crippen LogP contribution in [0.25, 0.3) is 5.82 Å². The van der Waals surface area contributed by atoms with Crippen molar-refractivity contribution < 1.29 is 0 Å². The third-order valence-corrected chi connectivity index (χ3v) is 4.44. The van der Waals surface area contributed by atoms with Crippen LogP contribution in [0.1, 0.15) is 45.4 Å². The maximum absolute atomic E-state index is 4.44. The van der Waals surface area contributed by atoms with Gasteiger partial charge in [-0.2, -0.15) is 5.10 Å². The average Bonchev–Trinajstić information content (AvgIpc) is 2.96. The molecular formula is C16H23N5. The number of anilines is 1. The molecule has 5 heteroatoms. The van der Waals surface area contributed by atoms with Crippen LogP contribution >= 0.6 is 0 Å². The highest BCUT2D eigenvalue weighted by Gasteiger charge is 2.17. The van der Waals surface area contributed by atoms with Gasteiger partial charge in [0.05, 0.1) is 11.9 Å². The topological polar surface area (TPSA) is 55.6 Å². The van der Waals surface area contributed by atoms with Gasteiger partial charge in [-0.25, -0.2) is 14.6 Å². The molecule has 0 spiro atoms. The zero-order valence-electron chi connectivity index (χ0n) is 12.6. The van der Waals surface area contributed by atoms with E-state index < -0.39 is 0 Å². The molecule has 2 unspecified atom stereocenters. The maximum atomic E-state index is 4.44. The minimum atomic E-state index is 0.584. The van der Waals surface area contributed by atoms with Crippen molar-refractivity contribution in [1.29, 1.82) is 0 Å². The lowest BCUT2D eigenvalue weighted by atomic mass is 9.98. The van der Waals surface area contributed by atoms with Crippen LogP contribution in [0, 0.1) is 5.92 Å². The van der Waals surface area contributed by atoms with Crippen LogP contribution in [-0.2, 0) is 0 Å². The molecule has 5 nitrogen and oxygen atoms in total. The van der Waals surface area contributed by atoms with E-state index in [-0.39, 0.29) is 0 Å². The highest BCUT2D eigenvalue weighted by atomic mass is 15.3. The van der Waals surface area contributed by atoms with Gasteiger partial charge in [0.15, 0.2) is 5.82 Å². The second kappa shape index (κ2) is 6.70. The van der Waals surface area contributed by atoms with Crippen LogP contribution in [0.2, 0.25) is 0 Å². The number of nitrogens with one attached hydrogen (secondary N) is 1. The van der Waals surface area contributed by atoms with Gasteiger partial charge < -0.3 is 5.32 Å². The van der Waals surface area contributed by atoms with Gasteiger partial charge in [0, 0.05) is 6.04 Å². The lowest BCUT2D eigenvalue weighted by molar-refractivity contribution is 0.444. The van der Waals surface area contributed by atoms with Crippen molar-refractivity contribution in [3.05, 3.63) is 31.0 Å². The Morgan fingerprint density at radius 3 is 2.90 bits per heavy atom. The van der Waals surface area contributed by atoms with E-state index in [4.69, 9.17) is 0 Å². The molecule has 21 heavy (non-hydrogen) atoms. The van der Waals surface area contributed by atoms with Gasteiger partial charge in [-0.05, 0) is 37.3 Å². The molecule has 2 heterocycles. The third-order valence-electron chi connectivity index (χ3n) is 4.44. The van der Waals surface area contributed by atoms with Gasteiger partial charge in [0.2, 0.25) is 0 Å². The molecule has 112 valence electrons. The molecule has 0 radical (unpaired) electrons. The van der Waals surface area contributed by atoms with Crippen LogP contribution in [0.15, 0.2) is 31.0 Å². The first-order chi connectivity index (χ1) is 10.3. The lowest BCUT2D eigenvalue weighted by Crippen LogP contribution is -2.18. The first kappa shape index (κ1) is 14.0. The molecule has 1 aliphatic carbocycles. The Morgan fingerprint density at radius 1 is 1.24 bits per heavy atom. The van der Waals surface area contributed by atoms with Gasteiger partial charge in [0.1, 0.15) is 12.7 Å². The normalized spacial score (nSPS) is 22.7. The van der Waals surface area contributed by atoms with Crippen LogP contribution in [0.4, 0.5) is 5.69 Å². The van der Waals surface area contributed by atoms with E-state index in [9.17, 15) is 0 Å². The summed E-state index contributed by atoms with van der Waals surface area (Å²) in [5, 5.41) is 7.71. The van der Waals surface area contributed by atoms with E-state index in [2.05, 4.69) is 33.4 Å². The molecule has 1 saturated carbocycles. The number of nitrogens with zero attached hydrogens (tertiary/aromatic N) is 4. The summed E-state index contributed by atoms with van der Waals surface area (Å²) in [6, 6.07) is 4.63. The van der Waals surface area contributed by atoms with Crippen molar-refractivity contribution in [3.8, 4) is 5.82 Å². The van der Waals surface area contributed by atoms with E-state index >= 15 is 0 Å². The van der Waals surface area contributed by atoms with Crippen LogP contribution in [0.3, 0.4) is 0 Å². The van der Waals surface area contributed by atoms with Gasteiger partial charge in [-0.3, -0.25) is 0 Å². The molecule has 0 aliphatic heterocycles. The Morgan fingerprint density at radius 2 is 2.19 bits per heavy atom. The molecule has 3 rings (SSSR count). The molecule has 1 N–H and O–H groups in total. The second-order valence-corrected chi connectivity index (χ2v) is 5.87. The SMILES string of the molecule is CCC1CCCC(Nc2ccc(-n3cncn3)nc2)CC1. The fourth-order valence-electron chi connectivity index (χ4n) is 3.10. The number of rotatable bonds is 4. The molecule has 0 saturated heterocycles. The largest absolute Gasteiger partial charge is 0.381 e. The number of hydrogen-bond acceptors (Lipinski definition) is 4. The molecule has 0 bridgehead atoms. The summed E-state index contributed by atoms with van der Waals surface area (Å²) in [5.74, 6) is 1.72. The summed E-state index contributed by atoms with van der Waals surface area (Å²) < 4.78 is 1.67. The van der Waals surface area contributed by atoms with E-state index in [1.54, 1.807) is 11.0 Å². The van der Waals surface area contributed by atoms with Gasteiger partial charge in [-0.1, -0.05) is 26.2 Å². The minimum absolute atomic E-state index is 0.584. The number of hydrogen-bond donors (Lipinski definition) is 1. The third kappa shape index (κ3) is 3.60. The van der Waals surface area contributed by atoms with E-state index in [0.29, 0.717) is 6.04 Å². The second-order valence-electron chi connectivity index (χ2n) is 5.87. The first-order valence-electron chi connectivity index (χ1n) is 7.92. The Kier molecular flexibility index (Phi) is 4.48. The summed E-state index contributed by atoms with van der Waals surface area (Å²) in [7, 11) is 0. The van der Waals surface area contributed by atoms with E-state index in [1.807, 2.05) is 12.3 Å². The molecular weight excluding hydrogens is 262 g/mol. The molecule has 0 amide bonds. The van der Waals surface area contributed by atoms with E-state index in [0.717, 1.165) is 17.4 Å². The highest BCUT2D eigenvalue weighted by Crippen LogP contribution is 2.27. The van der Waals surface area contributed by atoms with E-state index in [1.165, 1.54) is 44.9 Å². The lowest BCUT2D eigenvalue weighted by Gasteiger charge is -2.18. The summed E-state index contributed by atoms with van der Waals surface area (Å²) >= 11 is 0. The van der Waals surface area contributed by atoms with Crippen molar-refractivity contribution in [2.75, 3.05) is 5.32 Å². The predicted octanol–water partition coefficient (Wildman–Crippen LogP) is 3.43. The minimum Gasteiger partial charge on any atom is -0.381 e. The zero-order valence-corrected chi connectivity index (χ0v) is 12.6. The zero-order chi connectivity index (χ0) is 14.5. The quantitative estimate of drug-likeness (QED) is 0.874. The van der Waals surface area contributed by atoms with Crippen molar-refractivity contribution in [3.63, 3.8) is 0 Å². The van der Waals surface area contributed by atoms with Crippen LogP contribution in [-0.4, -0.2) is 25.8 Å². The predicted molar refractivity (Wildman–Crippen MR) is 83.4 cm³/mol. The molecule has 2 aromatic rings. The van der Waals surface area contributed by atoms with Crippen molar-refractivity contribution >= 4 is 5.69 Å². The van der Waals surface area contributed by atoms with Crippen LogP contribution in [0.5, 0.6) is 0 Å². The Labute approximate surface area is 125 Å². The monoisotopic (exact) mass is 285 g/mol. The summed E-state index contributed by atoms with van der Waals surface area (Å²) in [6.45, 7) is 2.31. The Bertz CT molecular complexity index is 534. The average molecular weight is 285 g/mol. The van der Waals surface area contributed by atoms with Crippen molar-refractivity contribution in [2.24, 2.45) is 5.92 Å². The Hall–Kier alpha value is -1.91. The van der Waals surface area contributed by atoms with Crippen molar-refractivity contribution in [1.82, 2.24) is 19.7 Å². The highest BCUT2D eigenvalue weighted by molar-refractivity contribution is 5.44. The maximum Gasteiger partial charge on any atom is 0.155 e. The van der Waals surface area contributed by atoms with Gasteiger partial charge in [0.25, 0.3) is 0 Å². The van der Waals surface area contributed by atoms with Gasteiger partial charge in [-0.15, -0.1) is 0 Å². The fraction of sp³-hybridized carbons (Fsp3) is 0.562. The first-order valence-corrected chi connectivity index (χ1v) is 7.92. The number of pyridine rings is 1. The van der Waals surface area contributed by atoms with Crippen LogP contribution < -0.4 is 5.32 Å². The van der Waals surface area contributed by atoms with Gasteiger partial charge >= 0.3 is 0 Å². The van der Waals surface area contributed by atoms with Crippen molar-refractivity contribution in [2.45, 2.75) is 51.5 Å². The summed E-state index contributed by atoms with van der Waals surface area (Å²) in [6.07, 6.45) is 13.0. The smallest absolute Gasteiger partial charge is 0.155 e. The summed E-state index contributed by atoms with van der Waals surface area (Å²) in [5.41, 5.74) is 1.10. The molecule has 0 aromatic carbocycles. The molecule has 1 fully saturated rings. The standard InChI is InChI=1S/C16H23N5/c1-2-13-4-3-5-14(7-6-13)20-15-8-9-16(18-10-15)21-12-17-11-19-21/h8-14,20H,2-7H2,1H3. The molecule has 2 aromatic heterocycles. The summed E-state index contributed by atoms with van der Waals surface area (Å²) in [4.78, 5) is 8.38. The number of aromatic nitrogens is 4. The fourth-order valence-corrected chi connectivity index (χ4v) is 3.10. The molecule has 2 atom stereocenters.